The largest absolute Gasteiger partial charge is 0.480 e. The molecule has 0 bridgehead atoms. The van der Waals surface area contributed by atoms with Crippen molar-refractivity contribution in [3.05, 3.63) is 47.5 Å². The predicted molar refractivity (Wildman–Crippen MR) is 73.7 cm³/mol. The van der Waals surface area contributed by atoms with Crippen LogP contribution >= 0.6 is 0 Å². The molecule has 0 aliphatic rings. The first-order chi connectivity index (χ1) is 9.88. The molecular formula is C14H14FN3O3. The molecule has 1 atom stereocenters. The van der Waals surface area contributed by atoms with Gasteiger partial charge in [0, 0.05) is 11.9 Å². The molecule has 0 aliphatic heterocycles. The maximum atomic E-state index is 13.0. The van der Waals surface area contributed by atoms with Gasteiger partial charge in [0.05, 0.1) is 11.8 Å². The van der Waals surface area contributed by atoms with Crippen molar-refractivity contribution >= 4 is 17.6 Å². The number of benzene rings is 1. The zero-order chi connectivity index (χ0) is 15.6. The minimum absolute atomic E-state index is 0.229. The van der Waals surface area contributed by atoms with Crippen LogP contribution < -0.4 is 5.32 Å². The number of nitrogens with one attached hydrogen (secondary N) is 1. The summed E-state index contributed by atoms with van der Waals surface area (Å²) in [5.74, 6) is -1.86. The fraction of sp³-hybridized carbons (Fsp3) is 0.214. The van der Waals surface area contributed by atoms with Gasteiger partial charge < -0.3 is 10.4 Å². The van der Waals surface area contributed by atoms with Gasteiger partial charge in [-0.05, 0) is 37.6 Å². The van der Waals surface area contributed by atoms with Crippen LogP contribution in [0.15, 0.2) is 30.6 Å². The molecule has 2 rings (SSSR count). The Morgan fingerprint density at radius 1 is 1.43 bits per heavy atom. The van der Waals surface area contributed by atoms with Crippen molar-refractivity contribution in [1.82, 2.24) is 9.78 Å². The maximum Gasteiger partial charge on any atom is 0.328 e. The molecular weight excluding hydrogens is 277 g/mol. The lowest BCUT2D eigenvalue weighted by Crippen LogP contribution is -2.16. The van der Waals surface area contributed by atoms with E-state index in [0.29, 0.717) is 11.3 Å². The molecule has 0 fully saturated rings. The van der Waals surface area contributed by atoms with Gasteiger partial charge in [0.1, 0.15) is 11.9 Å². The standard InChI is InChI=1S/C14H14FN3O3/c1-8-5-11(15)3-4-12(8)17-13(19)10-6-16-18(7-10)9(2)14(20)21/h3-7,9H,1-2H3,(H,17,19)(H,20,21). The molecule has 1 heterocycles. The molecule has 0 aliphatic carbocycles. The third-order valence-electron chi connectivity index (χ3n) is 3.05. The first-order valence-electron chi connectivity index (χ1n) is 6.23. The monoisotopic (exact) mass is 291 g/mol. The van der Waals surface area contributed by atoms with E-state index in [1.807, 2.05) is 0 Å². The van der Waals surface area contributed by atoms with Crippen LogP contribution in [0.1, 0.15) is 28.9 Å². The van der Waals surface area contributed by atoms with E-state index in [4.69, 9.17) is 5.11 Å². The summed E-state index contributed by atoms with van der Waals surface area (Å²) in [4.78, 5) is 22.9. The Morgan fingerprint density at radius 2 is 2.14 bits per heavy atom. The number of carbonyl (C=O) groups is 2. The number of hydrogen-bond acceptors (Lipinski definition) is 3. The van der Waals surface area contributed by atoms with Gasteiger partial charge in [0.2, 0.25) is 0 Å². The van der Waals surface area contributed by atoms with Crippen LogP contribution in [0.4, 0.5) is 10.1 Å². The van der Waals surface area contributed by atoms with E-state index in [0.717, 1.165) is 0 Å². The highest BCUT2D eigenvalue weighted by Crippen LogP contribution is 2.17. The number of aromatic nitrogens is 2. The number of hydrogen-bond donors (Lipinski definition) is 2. The Morgan fingerprint density at radius 3 is 2.76 bits per heavy atom. The predicted octanol–water partition coefficient (Wildman–Crippen LogP) is 2.23. The van der Waals surface area contributed by atoms with Gasteiger partial charge in [-0.25, -0.2) is 9.18 Å². The SMILES string of the molecule is Cc1cc(F)ccc1NC(=O)c1cnn(C(C)C(=O)O)c1. The first-order valence-corrected chi connectivity index (χ1v) is 6.23. The smallest absolute Gasteiger partial charge is 0.328 e. The molecule has 1 unspecified atom stereocenters. The molecule has 0 saturated heterocycles. The summed E-state index contributed by atoms with van der Waals surface area (Å²) < 4.78 is 14.2. The maximum absolute atomic E-state index is 13.0. The Labute approximate surface area is 120 Å². The van der Waals surface area contributed by atoms with Crippen molar-refractivity contribution in [3.8, 4) is 0 Å². The summed E-state index contributed by atoms with van der Waals surface area (Å²) in [6, 6.07) is 3.16. The number of carboxylic acids is 1. The quantitative estimate of drug-likeness (QED) is 0.904. The molecule has 2 aromatic rings. The molecule has 0 spiro atoms. The van der Waals surface area contributed by atoms with Crippen LogP contribution in [0.2, 0.25) is 0 Å². The highest BCUT2D eigenvalue weighted by molar-refractivity contribution is 6.04. The van der Waals surface area contributed by atoms with E-state index < -0.39 is 17.9 Å². The fourth-order valence-electron chi connectivity index (χ4n) is 1.74. The molecule has 7 heteroatoms. The summed E-state index contributed by atoms with van der Waals surface area (Å²) in [6.07, 6.45) is 2.64. The second-order valence-corrected chi connectivity index (χ2v) is 4.64. The highest BCUT2D eigenvalue weighted by Gasteiger charge is 2.17. The number of amides is 1. The topological polar surface area (TPSA) is 84.2 Å². The van der Waals surface area contributed by atoms with E-state index in [-0.39, 0.29) is 11.4 Å². The molecule has 2 N–H and O–H groups in total. The molecule has 1 aromatic heterocycles. The van der Waals surface area contributed by atoms with E-state index in [2.05, 4.69) is 10.4 Å². The average Bonchev–Trinajstić information content (AvgIpc) is 2.90. The van der Waals surface area contributed by atoms with Crippen LogP contribution in [0.25, 0.3) is 0 Å². The minimum Gasteiger partial charge on any atom is -0.480 e. The van der Waals surface area contributed by atoms with Gasteiger partial charge in [-0.2, -0.15) is 5.10 Å². The summed E-state index contributed by atoms with van der Waals surface area (Å²) in [5.41, 5.74) is 1.31. The summed E-state index contributed by atoms with van der Waals surface area (Å²) >= 11 is 0. The van der Waals surface area contributed by atoms with Crippen molar-refractivity contribution in [3.63, 3.8) is 0 Å². The number of aryl methyl sites for hydroxylation is 1. The zero-order valence-electron chi connectivity index (χ0n) is 11.5. The molecule has 0 radical (unpaired) electrons. The molecule has 21 heavy (non-hydrogen) atoms. The number of carbonyl (C=O) groups excluding carboxylic acids is 1. The van der Waals surface area contributed by atoms with E-state index in [1.165, 1.54) is 42.2 Å². The van der Waals surface area contributed by atoms with Crippen molar-refractivity contribution in [2.45, 2.75) is 19.9 Å². The molecule has 110 valence electrons. The second-order valence-electron chi connectivity index (χ2n) is 4.64. The summed E-state index contributed by atoms with van der Waals surface area (Å²) in [6.45, 7) is 3.13. The Kier molecular flexibility index (Phi) is 4.02. The molecule has 6 nitrogen and oxygen atoms in total. The van der Waals surface area contributed by atoms with Crippen LogP contribution in [0.5, 0.6) is 0 Å². The summed E-state index contributed by atoms with van der Waals surface area (Å²) in [5, 5.41) is 15.4. The highest BCUT2D eigenvalue weighted by atomic mass is 19.1. The lowest BCUT2D eigenvalue weighted by molar-refractivity contribution is -0.140. The number of anilines is 1. The molecule has 1 amide bonds. The van der Waals surface area contributed by atoms with Gasteiger partial charge in [-0.15, -0.1) is 0 Å². The van der Waals surface area contributed by atoms with Crippen molar-refractivity contribution in [2.24, 2.45) is 0 Å². The minimum atomic E-state index is -1.04. The van der Waals surface area contributed by atoms with Gasteiger partial charge in [0.15, 0.2) is 0 Å². The first kappa shape index (κ1) is 14.7. The summed E-state index contributed by atoms with van der Waals surface area (Å²) in [7, 11) is 0. The van der Waals surface area contributed by atoms with Crippen LogP contribution in [-0.2, 0) is 4.79 Å². The Bertz CT molecular complexity index is 697. The average molecular weight is 291 g/mol. The van der Waals surface area contributed by atoms with Crippen LogP contribution in [0, 0.1) is 12.7 Å². The van der Waals surface area contributed by atoms with Gasteiger partial charge in [-0.1, -0.05) is 0 Å². The normalized spacial score (nSPS) is 12.0. The number of halogens is 1. The third kappa shape index (κ3) is 3.25. The molecule has 0 saturated carbocycles. The molecule has 1 aromatic carbocycles. The number of carboxylic acid groups (broad SMARTS) is 1. The zero-order valence-corrected chi connectivity index (χ0v) is 11.5. The van der Waals surface area contributed by atoms with Gasteiger partial charge >= 0.3 is 5.97 Å². The fourth-order valence-corrected chi connectivity index (χ4v) is 1.74. The van der Waals surface area contributed by atoms with Crippen molar-refractivity contribution in [2.75, 3.05) is 5.32 Å². The van der Waals surface area contributed by atoms with Gasteiger partial charge in [-0.3, -0.25) is 9.48 Å². The second kappa shape index (κ2) is 5.74. The number of rotatable bonds is 4. The Hall–Kier alpha value is -2.70. The van der Waals surface area contributed by atoms with Gasteiger partial charge in [0.25, 0.3) is 5.91 Å². The van der Waals surface area contributed by atoms with Crippen LogP contribution in [-0.4, -0.2) is 26.8 Å². The lowest BCUT2D eigenvalue weighted by atomic mass is 10.2. The van der Waals surface area contributed by atoms with E-state index >= 15 is 0 Å². The van der Waals surface area contributed by atoms with E-state index in [9.17, 15) is 14.0 Å². The Balaban J connectivity index is 2.15. The number of nitrogens with zero attached hydrogens (tertiary/aromatic N) is 2. The lowest BCUT2D eigenvalue weighted by Gasteiger charge is -2.07. The van der Waals surface area contributed by atoms with E-state index in [1.54, 1.807) is 6.92 Å². The number of aliphatic carboxylic acids is 1. The van der Waals surface area contributed by atoms with Crippen molar-refractivity contribution < 1.29 is 19.1 Å². The third-order valence-corrected chi connectivity index (χ3v) is 3.05. The van der Waals surface area contributed by atoms with Crippen molar-refractivity contribution in [1.29, 1.82) is 0 Å². The van der Waals surface area contributed by atoms with Crippen LogP contribution in [0.3, 0.4) is 0 Å².